The summed E-state index contributed by atoms with van der Waals surface area (Å²) in [6.07, 6.45) is -5.92. The van der Waals surface area contributed by atoms with E-state index in [1.807, 2.05) is 20.8 Å². The molecule has 5 heteroatoms. The Kier molecular flexibility index (Phi) is 2.78. The minimum atomic E-state index is -4.17. The lowest BCUT2D eigenvalue weighted by Gasteiger charge is -2.20. The molecule has 0 saturated heterocycles. The van der Waals surface area contributed by atoms with Gasteiger partial charge in [-0.15, -0.1) is 0 Å². The fraction of sp³-hybridized carbons (Fsp3) is 0.889. The molecule has 0 aromatic carbocycles. The fourth-order valence-electron chi connectivity index (χ4n) is 1.20. The Balaban J connectivity index is 2.48. The molecule has 0 bridgehead atoms. The third-order valence-electron chi connectivity index (χ3n) is 1.82. The maximum absolute atomic E-state index is 12.0. The smallest absolute Gasteiger partial charge is 0.392 e. The van der Waals surface area contributed by atoms with Crippen molar-refractivity contribution in [2.24, 2.45) is 10.4 Å². The highest BCUT2D eigenvalue weighted by Gasteiger charge is 2.37. The first-order valence-electron chi connectivity index (χ1n) is 4.47. The number of nitrogens with zero attached hydrogens (tertiary/aromatic N) is 1. The molecular formula is C9H14F3NO. The Morgan fingerprint density at radius 2 is 1.93 bits per heavy atom. The Morgan fingerprint density at radius 1 is 1.36 bits per heavy atom. The molecule has 0 spiro atoms. The Labute approximate surface area is 81.2 Å². The molecule has 1 aliphatic heterocycles. The van der Waals surface area contributed by atoms with Crippen molar-refractivity contribution in [1.29, 1.82) is 0 Å². The molecule has 1 aliphatic rings. The third kappa shape index (κ3) is 3.20. The van der Waals surface area contributed by atoms with Crippen LogP contribution in [0.25, 0.3) is 0 Å². The van der Waals surface area contributed by atoms with Gasteiger partial charge in [-0.1, -0.05) is 20.8 Å². The van der Waals surface area contributed by atoms with Crippen LogP contribution in [0.5, 0.6) is 0 Å². The Morgan fingerprint density at radius 3 is 2.29 bits per heavy atom. The largest absolute Gasteiger partial charge is 0.475 e. The van der Waals surface area contributed by atoms with E-state index >= 15 is 0 Å². The van der Waals surface area contributed by atoms with Crippen LogP contribution in [0.1, 0.15) is 27.2 Å². The molecule has 82 valence electrons. The second kappa shape index (κ2) is 3.44. The summed E-state index contributed by atoms with van der Waals surface area (Å²) < 4.78 is 41.1. The highest BCUT2D eigenvalue weighted by Crippen LogP contribution is 2.28. The second-order valence-electron chi connectivity index (χ2n) is 4.46. The van der Waals surface area contributed by atoms with E-state index in [1.165, 1.54) is 0 Å². The predicted octanol–water partition coefficient (Wildman–Crippen LogP) is 2.78. The summed E-state index contributed by atoms with van der Waals surface area (Å²) in [5.41, 5.74) is -0.305. The van der Waals surface area contributed by atoms with Crippen LogP contribution in [0.15, 0.2) is 4.99 Å². The lowest BCUT2D eigenvalue weighted by molar-refractivity contribution is -0.149. The van der Waals surface area contributed by atoms with Gasteiger partial charge in [-0.05, 0) is 0 Å². The van der Waals surface area contributed by atoms with Gasteiger partial charge in [-0.3, -0.25) is 4.99 Å². The van der Waals surface area contributed by atoms with E-state index in [2.05, 4.69) is 4.99 Å². The second-order valence-corrected chi connectivity index (χ2v) is 4.46. The summed E-state index contributed by atoms with van der Waals surface area (Å²) in [6, 6.07) is 0. The number of hydrogen-bond acceptors (Lipinski definition) is 2. The first-order valence-corrected chi connectivity index (χ1v) is 4.47. The number of halogens is 3. The van der Waals surface area contributed by atoms with Gasteiger partial charge in [-0.25, -0.2) is 0 Å². The molecule has 0 aromatic heterocycles. The maximum Gasteiger partial charge on any atom is 0.392 e. The molecule has 0 unspecified atom stereocenters. The summed E-state index contributed by atoms with van der Waals surface area (Å²) >= 11 is 0. The average molecular weight is 209 g/mol. The molecule has 0 amide bonds. The van der Waals surface area contributed by atoms with Crippen molar-refractivity contribution in [2.45, 2.75) is 39.5 Å². The first-order chi connectivity index (χ1) is 6.18. The zero-order chi connectivity index (χ0) is 11.0. The van der Waals surface area contributed by atoms with Gasteiger partial charge in [0.2, 0.25) is 0 Å². The summed E-state index contributed by atoms with van der Waals surface area (Å²) in [6.45, 7) is 5.71. The van der Waals surface area contributed by atoms with E-state index in [-0.39, 0.29) is 12.0 Å². The molecule has 1 heterocycles. The van der Waals surface area contributed by atoms with Crippen LogP contribution in [-0.4, -0.2) is 24.7 Å². The van der Waals surface area contributed by atoms with Crippen molar-refractivity contribution in [3.8, 4) is 0 Å². The SMILES string of the molecule is CC(C)(C)C1=NC[C@H](CC(F)(F)F)O1. The number of alkyl halides is 3. The molecule has 1 rings (SSSR count). The molecule has 2 nitrogen and oxygen atoms in total. The molecular weight excluding hydrogens is 195 g/mol. The lowest BCUT2D eigenvalue weighted by Crippen LogP contribution is -2.27. The van der Waals surface area contributed by atoms with E-state index in [0.717, 1.165) is 0 Å². The molecule has 0 fully saturated rings. The number of hydrogen-bond donors (Lipinski definition) is 0. The number of aliphatic imine (C=N–C) groups is 1. The van der Waals surface area contributed by atoms with Crippen LogP contribution in [-0.2, 0) is 4.74 Å². The summed E-state index contributed by atoms with van der Waals surface area (Å²) in [5, 5.41) is 0. The van der Waals surface area contributed by atoms with Crippen molar-refractivity contribution in [1.82, 2.24) is 0 Å². The quantitative estimate of drug-likeness (QED) is 0.650. The van der Waals surface area contributed by atoms with E-state index < -0.39 is 18.7 Å². The highest BCUT2D eigenvalue weighted by molar-refractivity contribution is 5.82. The van der Waals surface area contributed by atoms with Gasteiger partial charge >= 0.3 is 6.18 Å². The third-order valence-corrected chi connectivity index (χ3v) is 1.82. The van der Waals surface area contributed by atoms with Gasteiger partial charge in [0.25, 0.3) is 0 Å². The van der Waals surface area contributed by atoms with Crippen molar-refractivity contribution in [3.63, 3.8) is 0 Å². The van der Waals surface area contributed by atoms with Crippen molar-refractivity contribution in [3.05, 3.63) is 0 Å². The van der Waals surface area contributed by atoms with Crippen molar-refractivity contribution in [2.75, 3.05) is 6.54 Å². The summed E-state index contributed by atoms with van der Waals surface area (Å²) in [7, 11) is 0. The zero-order valence-electron chi connectivity index (χ0n) is 8.48. The minimum absolute atomic E-state index is 0.117. The zero-order valence-corrected chi connectivity index (χ0v) is 8.48. The average Bonchev–Trinajstić information content (AvgIpc) is 2.29. The minimum Gasteiger partial charge on any atom is -0.475 e. The van der Waals surface area contributed by atoms with Gasteiger partial charge in [0.1, 0.15) is 6.10 Å². The van der Waals surface area contributed by atoms with Gasteiger partial charge in [0.05, 0.1) is 13.0 Å². The van der Waals surface area contributed by atoms with Crippen LogP contribution in [0.4, 0.5) is 13.2 Å². The molecule has 0 saturated carbocycles. The molecule has 0 radical (unpaired) electrons. The van der Waals surface area contributed by atoms with E-state index in [9.17, 15) is 13.2 Å². The lowest BCUT2D eigenvalue weighted by atomic mass is 9.97. The van der Waals surface area contributed by atoms with Gasteiger partial charge in [0.15, 0.2) is 5.90 Å². The first kappa shape index (κ1) is 11.3. The number of rotatable bonds is 1. The molecule has 0 N–H and O–H groups in total. The fourth-order valence-corrected chi connectivity index (χ4v) is 1.20. The Hall–Kier alpha value is -0.740. The topological polar surface area (TPSA) is 21.6 Å². The van der Waals surface area contributed by atoms with Crippen LogP contribution in [0.3, 0.4) is 0 Å². The normalized spacial score (nSPS) is 23.3. The van der Waals surface area contributed by atoms with Crippen molar-refractivity contribution >= 4 is 5.90 Å². The van der Waals surface area contributed by atoms with Gasteiger partial charge < -0.3 is 4.74 Å². The van der Waals surface area contributed by atoms with Gasteiger partial charge in [0, 0.05) is 5.41 Å². The van der Waals surface area contributed by atoms with E-state index in [1.54, 1.807) is 0 Å². The predicted molar refractivity (Wildman–Crippen MR) is 47.3 cm³/mol. The van der Waals surface area contributed by atoms with Gasteiger partial charge in [-0.2, -0.15) is 13.2 Å². The monoisotopic (exact) mass is 209 g/mol. The van der Waals surface area contributed by atoms with Crippen LogP contribution in [0.2, 0.25) is 0 Å². The van der Waals surface area contributed by atoms with E-state index in [4.69, 9.17) is 4.74 Å². The highest BCUT2D eigenvalue weighted by atomic mass is 19.4. The molecule has 0 aliphatic carbocycles. The standard InChI is InChI=1S/C9H14F3NO/c1-8(2,3)7-13-5-6(14-7)4-9(10,11)12/h6H,4-5H2,1-3H3/t6-/m0/s1. The molecule has 0 aromatic rings. The molecule has 1 atom stereocenters. The van der Waals surface area contributed by atoms with Crippen LogP contribution in [0, 0.1) is 5.41 Å². The Bertz CT molecular complexity index is 239. The van der Waals surface area contributed by atoms with Crippen LogP contribution < -0.4 is 0 Å². The number of ether oxygens (including phenoxy) is 1. The van der Waals surface area contributed by atoms with Crippen LogP contribution >= 0.6 is 0 Å². The molecule has 14 heavy (non-hydrogen) atoms. The maximum atomic E-state index is 12.0. The summed E-state index contributed by atoms with van der Waals surface area (Å²) in [4.78, 5) is 3.97. The van der Waals surface area contributed by atoms with E-state index in [0.29, 0.717) is 5.90 Å². The van der Waals surface area contributed by atoms with Crippen molar-refractivity contribution < 1.29 is 17.9 Å². The summed E-state index contributed by atoms with van der Waals surface area (Å²) in [5.74, 6) is 0.423.